The molecular weight excluding hydrogens is 268 g/mol. The van der Waals surface area contributed by atoms with Crippen molar-refractivity contribution in [3.05, 3.63) is 42.2 Å². The molecule has 3 N–H and O–H groups in total. The summed E-state index contributed by atoms with van der Waals surface area (Å²) in [5.41, 5.74) is 1.35. The van der Waals surface area contributed by atoms with Crippen LogP contribution in [0.2, 0.25) is 0 Å². The van der Waals surface area contributed by atoms with Crippen molar-refractivity contribution < 1.29 is 9.59 Å². The van der Waals surface area contributed by atoms with E-state index in [1.54, 1.807) is 24.3 Å². The second-order valence-corrected chi connectivity index (χ2v) is 5.72. The van der Waals surface area contributed by atoms with Gasteiger partial charge < -0.3 is 10.6 Å². The fraction of sp³-hybridized carbons (Fsp3) is 0.267. The van der Waals surface area contributed by atoms with Crippen LogP contribution in [0.5, 0.6) is 0 Å². The number of nitrogens with zero attached hydrogens (tertiary/aromatic N) is 1. The summed E-state index contributed by atoms with van der Waals surface area (Å²) < 4.78 is 0. The molecule has 6 nitrogen and oxygen atoms in total. The third kappa shape index (κ3) is 3.92. The Morgan fingerprint density at radius 2 is 1.62 bits per heavy atom. The monoisotopic (exact) mass is 286 g/mol. The first kappa shape index (κ1) is 14.8. The highest BCUT2D eigenvalue weighted by molar-refractivity contribution is 6.04. The zero-order valence-electron chi connectivity index (χ0n) is 12.2. The number of hydrogen-bond acceptors (Lipinski definition) is 3. The van der Waals surface area contributed by atoms with Gasteiger partial charge in [-0.1, -0.05) is 20.8 Å². The Morgan fingerprint density at radius 1 is 1.05 bits per heavy atom. The molecule has 0 atom stereocenters. The maximum atomic E-state index is 11.9. The summed E-state index contributed by atoms with van der Waals surface area (Å²) in [6, 6.07) is 6.95. The largest absolute Gasteiger partial charge is 0.326 e. The molecule has 1 heterocycles. The van der Waals surface area contributed by atoms with Gasteiger partial charge in [-0.3, -0.25) is 14.7 Å². The maximum absolute atomic E-state index is 11.9. The van der Waals surface area contributed by atoms with E-state index in [4.69, 9.17) is 0 Å². The van der Waals surface area contributed by atoms with Crippen molar-refractivity contribution in [1.29, 1.82) is 0 Å². The molecule has 1 aromatic heterocycles. The average molecular weight is 286 g/mol. The number of benzene rings is 1. The smallest absolute Gasteiger partial charge is 0.258 e. The lowest BCUT2D eigenvalue weighted by molar-refractivity contribution is -0.123. The van der Waals surface area contributed by atoms with Crippen LogP contribution in [0.15, 0.2) is 36.7 Å². The number of hydrogen-bond donors (Lipinski definition) is 3. The van der Waals surface area contributed by atoms with Crippen molar-refractivity contribution in [2.45, 2.75) is 20.8 Å². The van der Waals surface area contributed by atoms with E-state index in [1.807, 2.05) is 20.8 Å². The Balaban J connectivity index is 1.99. The molecule has 0 aliphatic heterocycles. The van der Waals surface area contributed by atoms with Gasteiger partial charge in [-0.2, -0.15) is 5.10 Å². The van der Waals surface area contributed by atoms with Crippen molar-refractivity contribution >= 4 is 23.2 Å². The quantitative estimate of drug-likeness (QED) is 0.810. The Morgan fingerprint density at radius 3 is 2.10 bits per heavy atom. The van der Waals surface area contributed by atoms with Crippen molar-refractivity contribution in [2.75, 3.05) is 10.6 Å². The molecule has 1 aromatic carbocycles. The summed E-state index contributed by atoms with van der Waals surface area (Å²) in [5, 5.41) is 11.9. The zero-order valence-corrected chi connectivity index (χ0v) is 12.2. The first-order valence-electron chi connectivity index (χ1n) is 6.58. The molecule has 0 aliphatic rings. The van der Waals surface area contributed by atoms with Gasteiger partial charge in [-0.05, 0) is 24.3 Å². The number of aromatic nitrogens is 2. The van der Waals surface area contributed by atoms with Crippen LogP contribution in [0.4, 0.5) is 11.4 Å². The number of H-pyrrole nitrogens is 1. The number of carbonyl (C=O) groups excluding carboxylic acids is 2. The molecule has 0 aliphatic carbocycles. The van der Waals surface area contributed by atoms with Gasteiger partial charge >= 0.3 is 0 Å². The summed E-state index contributed by atoms with van der Waals surface area (Å²) in [5.74, 6) is -0.298. The number of rotatable bonds is 3. The molecule has 0 bridgehead atoms. The van der Waals surface area contributed by atoms with E-state index in [1.165, 1.54) is 12.4 Å². The van der Waals surface area contributed by atoms with E-state index >= 15 is 0 Å². The number of carbonyl (C=O) groups is 2. The van der Waals surface area contributed by atoms with Crippen LogP contribution in [-0.2, 0) is 4.79 Å². The second-order valence-electron chi connectivity index (χ2n) is 5.72. The van der Waals surface area contributed by atoms with Crippen LogP contribution in [-0.4, -0.2) is 22.0 Å². The molecule has 0 radical (unpaired) electrons. The van der Waals surface area contributed by atoms with Gasteiger partial charge in [0.25, 0.3) is 5.91 Å². The van der Waals surface area contributed by atoms with E-state index in [-0.39, 0.29) is 11.8 Å². The number of anilines is 2. The lowest BCUT2D eigenvalue weighted by atomic mass is 9.95. The highest BCUT2D eigenvalue weighted by atomic mass is 16.2. The van der Waals surface area contributed by atoms with Gasteiger partial charge in [-0.25, -0.2) is 0 Å². The maximum Gasteiger partial charge on any atom is 0.258 e. The summed E-state index contributed by atoms with van der Waals surface area (Å²) in [6.07, 6.45) is 2.97. The molecule has 2 aromatic rings. The predicted octanol–water partition coefficient (Wildman–Crippen LogP) is 2.65. The van der Waals surface area contributed by atoms with Crippen molar-refractivity contribution in [3.8, 4) is 0 Å². The minimum absolute atomic E-state index is 0.0577. The van der Waals surface area contributed by atoms with Gasteiger partial charge in [0.15, 0.2) is 0 Å². The highest BCUT2D eigenvalue weighted by Gasteiger charge is 2.21. The number of amides is 2. The van der Waals surface area contributed by atoms with Gasteiger partial charge in [0.05, 0.1) is 11.8 Å². The minimum atomic E-state index is -0.450. The Bertz CT molecular complexity index is 625. The lowest BCUT2D eigenvalue weighted by Crippen LogP contribution is -2.27. The first-order valence-corrected chi connectivity index (χ1v) is 6.58. The molecule has 0 saturated heterocycles. The van der Waals surface area contributed by atoms with Crippen molar-refractivity contribution in [2.24, 2.45) is 5.41 Å². The van der Waals surface area contributed by atoms with Gasteiger partial charge in [-0.15, -0.1) is 0 Å². The van der Waals surface area contributed by atoms with Crippen LogP contribution >= 0.6 is 0 Å². The standard InChI is InChI=1S/C15H18N4O2/c1-15(2,3)14(21)19-12-6-4-11(5-7-12)18-13(20)10-8-16-17-9-10/h4-9H,1-3H3,(H,16,17)(H,18,20)(H,19,21). The fourth-order valence-corrected chi connectivity index (χ4v) is 1.53. The summed E-state index contributed by atoms with van der Waals surface area (Å²) in [7, 11) is 0. The van der Waals surface area contributed by atoms with Crippen LogP contribution in [0.25, 0.3) is 0 Å². The molecule has 0 unspecified atom stereocenters. The lowest BCUT2D eigenvalue weighted by Gasteiger charge is -2.17. The Labute approximate surface area is 122 Å². The second kappa shape index (κ2) is 5.78. The SMILES string of the molecule is CC(C)(C)C(=O)Nc1ccc(NC(=O)c2cn[nH]c2)cc1. The van der Waals surface area contributed by atoms with E-state index in [2.05, 4.69) is 20.8 Å². The zero-order chi connectivity index (χ0) is 15.5. The molecule has 2 amide bonds. The molecule has 110 valence electrons. The van der Waals surface area contributed by atoms with Crippen LogP contribution in [0, 0.1) is 5.41 Å². The van der Waals surface area contributed by atoms with Gasteiger partial charge in [0.2, 0.25) is 5.91 Å². The molecule has 6 heteroatoms. The molecular formula is C15H18N4O2. The highest BCUT2D eigenvalue weighted by Crippen LogP contribution is 2.19. The van der Waals surface area contributed by atoms with Crippen molar-refractivity contribution in [1.82, 2.24) is 10.2 Å². The fourth-order valence-electron chi connectivity index (χ4n) is 1.53. The summed E-state index contributed by atoms with van der Waals surface area (Å²) >= 11 is 0. The van der Waals surface area contributed by atoms with Crippen LogP contribution in [0.3, 0.4) is 0 Å². The number of aromatic amines is 1. The predicted molar refractivity (Wildman–Crippen MR) is 81.1 cm³/mol. The molecule has 0 saturated carbocycles. The van der Waals surface area contributed by atoms with E-state index in [9.17, 15) is 9.59 Å². The van der Waals surface area contributed by atoms with E-state index in [0.717, 1.165) is 0 Å². The van der Waals surface area contributed by atoms with E-state index in [0.29, 0.717) is 16.9 Å². The molecule has 0 spiro atoms. The van der Waals surface area contributed by atoms with Crippen LogP contribution in [0.1, 0.15) is 31.1 Å². The Kier molecular flexibility index (Phi) is 4.07. The third-order valence-corrected chi connectivity index (χ3v) is 2.84. The first-order chi connectivity index (χ1) is 9.86. The molecule has 2 rings (SSSR count). The van der Waals surface area contributed by atoms with Crippen molar-refractivity contribution in [3.63, 3.8) is 0 Å². The van der Waals surface area contributed by atoms with Crippen LogP contribution < -0.4 is 10.6 Å². The van der Waals surface area contributed by atoms with E-state index < -0.39 is 5.41 Å². The minimum Gasteiger partial charge on any atom is -0.326 e. The topological polar surface area (TPSA) is 86.9 Å². The number of nitrogens with one attached hydrogen (secondary N) is 3. The van der Waals surface area contributed by atoms with Gasteiger partial charge in [0, 0.05) is 23.0 Å². The average Bonchev–Trinajstić information content (AvgIpc) is 2.94. The summed E-state index contributed by atoms with van der Waals surface area (Å²) in [6.45, 7) is 5.55. The summed E-state index contributed by atoms with van der Waals surface area (Å²) in [4.78, 5) is 23.7. The normalized spacial score (nSPS) is 11.0. The molecule has 21 heavy (non-hydrogen) atoms. The third-order valence-electron chi connectivity index (χ3n) is 2.84. The van der Waals surface area contributed by atoms with Gasteiger partial charge in [0.1, 0.15) is 0 Å². The Hall–Kier alpha value is -2.63. The molecule has 0 fully saturated rings.